The van der Waals surface area contributed by atoms with Gasteiger partial charge in [0.05, 0.1) is 12.7 Å². The van der Waals surface area contributed by atoms with Gasteiger partial charge in [0.2, 0.25) is 0 Å². The fourth-order valence-corrected chi connectivity index (χ4v) is 3.20. The second-order valence-electron chi connectivity index (χ2n) is 6.48. The van der Waals surface area contributed by atoms with Gasteiger partial charge in [-0.25, -0.2) is 0 Å². The summed E-state index contributed by atoms with van der Waals surface area (Å²) in [5.74, 6) is 1.79. The van der Waals surface area contributed by atoms with Gasteiger partial charge in [0.15, 0.2) is 0 Å². The summed E-state index contributed by atoms with van der Waals surface area (Å²) < 4.78 is 11.2. The Hall–Kier alpha value is -0.120. The molecule has 1 aliphatic carbocycles. The fourth-order valence-electron chi connectivity index (χ4n) is 3.20. The second kappa shape index (κ2) is 8.23. The van der Waals surface area contributed by atoms with E-state index < -0.39 is 0 Å². The SMILES string of the molecule is CC1CCC(NCCCOCC2CCCO2)CC1C. The average molecular weight is 269 g/mol. The maximum Gasteiger partial charge on any atom is 0.0809 e. The smallest absolute Gasteiger partial charge is 0.0809 e. The Kier molecular flexibility index (Phi) is 6.62. The molecule has 0 aromatic heterocycles. The Morgan fingerprint density at radius 1 is 1.16 bits per heavy atom. The van der Waals surface area contributed by atoms with Crippen molar-refractivity contribution in [2.75, 3.05) is 26.4 Å². The summed E-state index contributed by atoms with van der Waals surface area (Å²) in [6.07, 6.45) is 7.94. The topological polar surface area (TPSA) is 30.5 Å². The van der Waals surface area contributed by atoms with Crippen molar-refractivity contribution >= 4 is 0 Å². The van der Waals surface area contributed by atoms with Crippen LogP contribution in [0.25, 0.3) is 0 Å². The summed E-state index contributed by atoms with van der Waals surface area (Å²) in [5.41, 5.74) is 0. The highest BCUT2D eigenvalue weighted by Crippen LogP contribution is 2.29. The summed E-state index contributed by atoms with van der Waals surface area (Å²) in [6.45, 7) is 8.46. The zero-order valence-electron chi connectivity index (χ0n) is 12.7. The Balaban J connectivity index is 1.43. The summed E-state index contributed by atoms with van der Waals surface area (Å²) in [4.78, 5) is 0. The van der Waals surface area contributed by atoms with Crippen LogP contribution in [0.2, 0.25) is 0 Å². The lowest BCUT2D eigenvalue weighted by atomic mass is 9.79. The molecule has 0 amide bonds. The molecule has 3 heteroatoms. The first-order valence-corrected chi connectivity index (χ1v) is 8.18. The molecule has 1 saturated heterocycles. The first-order valence-electron chi connectivity index (χ1n) is 8.18. The summed E-state index contributed by atoms with van der Waals surface area (Å²) in [7, 11) is 0. The highest BCUT2D eigenvalue weighted by atomic mass is 16.5. The summed E-state index contributed by atoms with van der Waals surface area (Å²) in [5, 5.41) is 3.69. The van der Waals surface area contributed by atoms with Crippen molar-refractivity contribution in [3.63, 3.8) is 0 Å². The second-order valence-corrected chi connectivity index (χ2v) is 6.48. The molecule has 0 aromatic carbocycles. The van der Waals surface area contributed by atoms with E-state index in [0.29, 0.717) is 6.10 Å². The summed E-state index contributed by atoms with van der Waals surface area (Å²) in [6, 6.07) is 0.740. The number of hydrogen-bond donors (Lipinski definition) is 1. The number of nitrogens with one attached hydrogen (secondary N) is 1. The van der Waals surface area contributed by atoms with Crippen LogP contribution in [-0.2, 0) is 9.47 Å². The average Bonchev–Trinajstić information content (AvgIpc) is 2.91. The van der Waals surface area contributed by atoms with Gasteiger partial charge in [-0.05, 0) is 56.9 Å². The largest absolute Gasteiger partial charge is 0.379 e. The van der Waals surface area contributed by atoms with Gasteiger partial charge in [0.25, 0.3) is 0 Å². The van der Waals surface area contributed by atoms with Crippen molar-refractivity contribution < 1.29 is 9.47 Å². The van der Waals surface area contributed by atoms with Gasteiger partial charge in [-0.15, -0.1) is 0 Å². The zero-order chi connectivity index (χ0) is 13.5. The quantitative estimate of drug-likeness (QED) is 0.721. The van der Waals surface area contributed by atoms with Crippen LogP contribution < -0.4 is 5.32 Å². The van der Waals surface area contributed by atoms with Gasteiger partial charge in [-0.3, -0.25) is 0 Å². The number of rotatable bonds is 7. The third kappa shape index (κ3) is 5.41. The maximum atomic E-state index is 5.68. The molecule has 19 heavy (non-hydrogen) atoms. The molecular formula is C16H31NO2. The lowest BCUT2D eigenvalue weighted by Crippen LogP contribution is -2.37. The van der Waals surface area contributed by atoms with E-state index in [9.17, 15) is 0 Å². The molecule has 1 saturated carbocycles. The zero-order valence-corrected chi connectivity index (χ0v) is 12.7. The molecule has 2 rings (SSSR count). The van der Waals surface area contributed by atoms with Crippen molar-refractivity contribution in [3.05, 3.63) is 0 Å². The molecule has 4 unspecified atom stereocenters. The highest BCUT2D eigenvalue weighted by Gasteiger charge is 2.23. The molecule has 2 aliphatic rings. The molecule has 0 radical (unpaired) electrons. The Labute approximate surface area is 118 Å². The lowest BCUT2D eigenvalue weighted by molar-refractivity contribution is 0.0164. The van der Waals surface area contributed by atoms with Gasteiger partial charge >= 0.3 is 0 Å². The van der Waals surface area contributed by atoms with Crippen LogP contribution in [0, 0.1) is 11.8 Å². The maximum absolute atomic E-state index is 5.68. The standard InChI is InChI=1S/C16H31NO2/c1-13-6-7-15(11-14(13)2)17-8-4-9-18-12-16-5-3-10-19-16/h13-17H,3-12H2,1-2H3. The minimum Gasteiger partial charge on any atom is -0.379 e. The lowest BCUT2D eigenvalue weighted by Gasteiger charge is -2.32. The predicted octanol–water partition coefficient (Wildman–Crippen LogP) is 2.99. The van der Waals surface area contributed by atoms with Crippen LogP contribution in [-0.4, -0.2) is 38.5 Å². The van der Waals surface area contributed by atoms with Gasteiger partial charge < -0.3 is 14.8 Å². The van der Waals surface area contributed by atoms with Crippen molar-refractivity contribution in [3.8, 4) is 0 Å². The number of ether oxygens (including phenoxy) is 2. The molecule has 1 N–H and O–H groups in total. The van der Waals surface area contributed by atoms with Gasteiger partial charge in [0, 0.05) is 19.3 Å². The van der Waals surface area contributed by atoms with E-state index in [4.69, 9.17) is 9.47 Å². The van der Waals surface area contributed by atoms with Crippen LogP contribution in [0.5, 0.6) is 0 Å². The number of hydrogen-bond acceptors (Lipinski definition) is 3. The fraction of sp³-hybridized carbons (Fsp3) is 1.00. The predicted molar refractivity (Wildman–Crippen MR) is 78.4 cm³/mol. The highest BCUT2D eigenvalue weighted by molar-refractivity contribution is 4.79. The molecule has 2 fully saturated rings. The third-order valence-corrected chi connectivity index (χ3v) is 4.82. The Morgan fingerprint density at radius 2 is 2.05 bits per heavy atom. The van der Waals surface area contributed by atoms with Crippen LogP contribution in [0.3, 0.4) is 0 Å². The van der Waals surface area contributed by atoms with Gasteiger partial charge in [-0.2, -0.15) is 0 Å². The van der Waals surface area contributed by atoms with Crippen LogP contribution in [0.1, 0.15) is 52.4 Å². The first-order chi connectivity index (χ1) is 9.25. The van der Waals surface area contributed by atoms with E-state index in [1.54, 1.807) is 0 Å². The first kappa shape index (κ1) is 15.3. The normalized spacial score (nSPS) is 35.7. The Bertz CT molecular complexity index is 241. The summed E-state index contributed by atoms with van der Waals surface area (Å²) >= 11 is 0. The van der Waals surface area contributed by atoms with Gasteiger partial charge in [0.1, 0.15) is 0 Å². The molecule has 1 aliphatic heterocycles. The van der Waals surface area contributed by atoms with Crippen molar-refractivity contribution in [1.29, 1.82) is 0 Å². The minimum absolute atomic E-state index is 0.369. The molecule has 0 bridgehead atoms. The molecule has 3 nitrogen and oxygen atoms in total. The molecule has 1 heterocycles. The van der Waals surface area contributed by atoms with E-state index >= 15 is 0 Å². The van der Waals surface area contributed by atoms with Crippen LogP contribution >= 0.6 is 0 Å². The molecule has 4 atom stereocenters. The molecule has 0 spiro atoms. The van der Waals surface area contributed by atoms with E-state index in [2.05, 4.69) is 19.2 Å². The van der Waals surface area contributed by atoms with Crippen LogP contribution in [0.15, 0.2) is 0 Å². The van der Waals surface area contributed by atoms with Crippen LogP contribution in [0.4, 0.5) is 0 Å². The molecule has 112 valence electrons. The minimum atomic E-state index is 0.369. The third-order valence-electron chi connectivity index (χ3n) is 4.82. The van der Waals surface area contributed by atoms with E-state index in [1.807, 2.05) is 0 Å². The molecular weight excluding hydrogens is 238 g/mol. The van der Waals surface area contributed by atoms with E-state index in [1.165, 1.54) is 32.1 Å². The van der Waals surface area contributed by atoms with E-state index in [-0.39, 0.29) is 0 Å². The monoisotopic (exact) mass is 269 g/mol. The van der Waals surface area contributed by atoms with E-state index in [0.717, 1.165) is 50.7 Å². The molecule has 0 aromatic rings. The van der Waals surface area contributed by atoms with Gasteiger partial charge in [-0.1, -0.05) is 13.8 Å². The van der Waals surface area contributed by atoms with Crippen molar-refractivity contribution in [2.24, 2.45) is 11.8 Å². The van der Waals surface area contributed by atoms with Crippen molar-refractivity contribution in [1.82, 2.24) is 5.32 Å². The Morgan fingerprint density at radius 3 is 2.79 bits per heavy atom. The van der Waals surface area contributed by atoms with Crippen molar-refractivity contribution in [2.45, 2.75) is 64.5 Å².